The van der Waals surface area contributed by atoms with Gasteiger partial charge in [-0.05, 0) is 26.7 Å². The third-order valence-electron chi connectivity index (χ3n) is 3.76. The van der Waals surface area contributed by atoms with Gasteiger partial charge in [0.2, 0.25) is 0 Å². The number of aryl methyl sites for hydroxylation is 2. The van der Waals surface area contributed by atoms with Crippen molar-refractivity contribution in [2.24, 2.45) is 7.05 Å². The molecule has 0 unspecified atom stereocenters. The Labute approximate surface area is 109 Å². The lowest BCUT2D eigenvalue weighted by Crippen LogP contribution is -2.39. The van der Waals surface area contributed by atoms with E-state index < -0.39 is 0 Å². The van der Waals surface area contributed by atoms with Gasteiger partial charge >= 0.3 is 0 Å². The van der Waals surface area contributed by atoms with Gasteiger partial charge < -0.3 is 5.32 Å². The molecule has 1 aliphatic rings. The fourth-order valence-electron chi connectivity index (χ4n) is 2.55. The van der Waals surface area contributed by atoms with Crippen LogP contribution in [0, 0.1) is 26.2 Å². The highest BCUT2D eigenvalue weighted by molar-refractivity contribution is 5.52. The van der Waals surface area contributed by atoms with E-state index in [1.165, 1.54) is 11.4 Å². The minimum absolute atomic E-state index is 0.542. The number of likely N-dealkylation sites (tertiary alicyclic amines) is 1. The normalized spacial score (nSPS) is 17.7. The SMILES string of the molecule is C#CCN1CCC(Nc2c(C)nn(C)c2C)CC1. The van der Waals surface area contributed by atoms with E-state index >= 15 is 0 Å². The number of hydrogen-bond donors (Lipinski definition) is 1. The first-order chi connectivity index (χ1) is 8.61. The topological polar surface area (TPSA) is 33.1 Å². The van der Waals surface area contributed by atoms with Crippen LogP contribution in [-0.2, 0) is 7.05 Å². The standard InChI is InChI=1S/C14H22N4/c1-5-8-18-9-6-13(7-10-18)15-14-11(2)16-17(4)12(14)3/h1,13,15H,6-10H2,2-4H3. The molecule has 1 N–H and O–H groups in total. The second-order valence-corrected chi connectivity index (χ2v) is 5.07. The van der Waals surface area contributed by atoms with Crippen LogP contribution in [0.2, 0.25) is 0 Å². The molecule has 2 rings (SSSR count). The van der Waals surface area contributed by atoms with Crippen LogP contribution in [0.25, 0.3) is 0 Å². The van der Waals surface area contributed by atoms with Crippen molar-refractivity contribution >= 4 is 5.69 Å². The van der Waals surface area contributed by atoms with Gasteiger partial charge in [-0.3, -0.25) is 9.58 Å². The van der Waals surface area contributed by atoms with Crippen molar-refractivity contribution in [2.45, 2.75) is 32.7 Å². The van der Waals surface area contributed by atoms with E-state index in [9.17, 15) is 0 Å². The van der Waals surface area contributed by atoms with E-state index in [1.807, 2.05) is 11.7 Å². The fourth-order valence-corrected chi connectivity index (χ4v) is 2.55. The molecular formula is C14H22N4. The number of nitrogens with one attached hydrogen (secondary N) is 1. The molecule has 0 radical (unpaired) electrons. The van der Waals surface area contributed by atoms with E-state index in [1.54, 1.807) is 0 Å². The van der Waals surface area contributed by atoms with E-state index in [0.29, 0.717) is 6.04 Å². The first-order valence-corrected chi connectivity index (χ1v) is 6.54. The molecule has 0 saturated carbocycles. The van der Waals surface area contributed by atoms with Gasteiger partial charge in [0.15, 0.2) is 0 Å². The molecular weight excluding hydrogens is 224 g/mol. The summed E-state index contributed by atoms with van der Waals surface area (Å²) in [7, 11) is 1.99. The summed E-state index contributed by atoms with van der Waals surface area (Å²) in [6.45, 7) is 7.11. The summed E-state index contributed by atoms with van der Waals surface area (Å²) < 4.78 is 1.94. The van der Waals surface area contributed by atoms with Crippen LogP contribution in [0.4, 0.5) is 5.69 Å². The lowest BCUT2D eigenvalue weighted by Gasteiger charge is -2.31. The molecule has 4 heteroatoms. The molecule has 98 valence electrons. The van der Waals surface area contributed by atoms with Crippen LogP contribution in [-0.4, -0.2) is 40.4 Å². The Kier molecular flexibility index (Phi) is 3.93. The Morgan fingerprint density at radius 1 is 1.39 bits per heavy atom. The number of terminal acetylenes is 1. The van der Waals surface area contributed by atoms with Crippen molar-refractivity contribution in [1.29, 1.82) is 0 Å². The van der Waals surface area contributed by atoms with Crippen molar-refractivity contribution in [1.82, 2.24) is 14.7 Å². The van der Waals surface area contributed by atoms with Crippen molar-refractivity contribution in [3.63, 3.8) is 0 Å². The molecule has 1 fully saturated rings. The van der Waals surface area contributed by atoms with Crippen molar-refractivity contribution in [3.8, 4) is 12.3 Å². The first kappa shape index (κ1) is 13.0. The van der Waals surface area contributed by atoms with Crippen LogP contribution >= 0.6 is 0 Å². The summed E-state index contributed by atoms with van der Waals surface area (Å²) in [6.07, 6.45) is 7.64. The Balaban J connectivity index is 1.94. The van der Waals surface area contributed by atoms with Crippen LogP contribution in [0.5, 0.6) is 0 Å². The number of hydrogen-bond acceptors (Lipinski definition) is 3. The Morgan fingerprint density at radius 2 is 2.06 bits per heavy atom. The number of piperidine rings is 1. The molecule has 1 aromatic heterocycles. The van der Waals surface area contributed by atoms with Crippen LogP contribution in [0.3, 0.4) is 0 Å². The molecule has 18 heavy (non-hydrogen) atoms. The number of anilines is 1. The minimum atomic E-state index is 0.542. The molecule has 0 bridgehead atoms. The maximum absolute atomic E-state index is 5.34. The van der Waals surface area contributed by atoms with Crippen LogP contribution < -0.4 is 5.32 Å². The van der Waals surface area contributed by atoms with Gasteiger partial charge in [-0.25, -0.2) is 0 Å². The lowest BCUT2D eigenvalue weighted by molar-refractivity contribution is 0.243. The van der Waals surface area contributed by atoms with E-state index in [2.05, 4.69) is 35.1 Å². The molecule has 0 spiro atoms. The smallest absolute Gasteiger partial charge is 0.0827 e. The van der Waals surface area contributed by atoms with Gasteiger partial charge in [0.1, 0.15) is 0 Å². The predicted octanol–water partition coefficient (Wildman–Crippen LogP) is 1.55. The monoisotopic (exact) mass is 246 g/mol. The second kappa shape index (κ2) is 5.45. The highest BCUT2D eigenvalue weighted by Crippen LogP contribution is 2.22. The molecule has 4 nitrogen and oxygen atoms in total. The van der Waals surface area contributed by atoms with E-state index in [0.717, 1.165) is 38.2 Å². The highest BCUT2D eigenvalue weighted by Gasteiger charge is 2.20. The number of aromatic nitrogens is 2. The average molecular weight is 246 g/mol. The van der Waals surface area contributed by atoms with Crippen LogP contribution in [0.1, 0.15) is 24.2 Å². The zero-order chi connectivity index (χ0) is 13.1. The summed E-state index contributed by atoms with van der Waals surface area (Å²) in [6, 6.07) is 0.542. The summed E-state index contributed by atoms with van der Waals surface area (Å²) in [5, 5.41) is 8.08. The zero-order valence-electron chi connectivity index (χ0n) is 11.5. The zero-order valence-corrected chi connectivity index (χ0v) is 11.5. The quantitative estimate of drug-likeness (QED) is 0.821. The van der Waals surface area contributed by atoms with Crippen LogP contribution in [0.15, 0.2) is 0 Å². The largest absolute Gasteiger partial charge is 0.379 e. The average Bonchev–Trinajstić information content (AvgIpc) is 2.59. The fraction of sp³-hybridized carbons (Fsp3) is 0.643. The number of nitrogens with zero attached hydrogens (tertiary/aromatic N) is 3. The maximum Gasteiger partial charge on any atom is 0.0827 e. The number of rotatable bonds is 3. The van der Waals surface area contributed by atoms with Gasteiger partial charge in [-0.15, -0.1) is 6.42 Å². The molecule has 0 aromatic carbocycles. The third-order valence-corrected chi connectivity index (χ3v) is 3.76. The van der Waals surface area contributed by atoms with Crippen molar-refractivity contribution in [3.05, 3.63) is 11.4 Å². The highest BCUT2D eigenvalue weighted by atomic mass is 15.3. The van der Waals surface area contributed by atoms with Crippen molar-refractivity contribution in [2.75, 3.05) is 25.0 Å². The Bertz CT molecular complexity index is 447. The first-order valence-electron chi connectivity index (χ1n) is 6.54. The van der Waals surface area contributed by atoms with E-state index in [4.69, 9.17) is 6.42 Å². The molecule has 0 aliphatic carbocycles. The molecule has 1 aliphatic heterocycles. The Hall–Kier alpha value is -1.47. The van der Waals surface area contributed by atoms with Gasteiger partial charge in [0.05, 0.1) is 23.6 Å². The predicted molar refractivity (Wildman–Crippen MR) is 74.6 cm³/mol. The van der Waals surface area contributed by atoms with Gasteiger partial charge in [0, 0.05) is 26.2 Å². The maximum atomic E-state index is 5.34. The summed E-state index contributed by atoms with van der Waals surface area (Å²) in [5.74, 6) is 2.72. The molecule has 0 atom stereocenters. The van der Waals surface area contributed by atoms with Gasteiger partial charge in [0.25, 0.3) is 0 Å². The molecule has 0 amide bonds. The van der Waals surface area contributed by atoms with Crippen molar-refractivity contribution < 1.29 is 0 Å². The lowest BCUT2D eigenvalue weighted by atomic mass is 10.0. The molecule has 1 aromatic rings. The Morgan fingerprint density at radius 3 is 2.56 bits per heavy atom. The van der Waals surface area contributed by atoms with Gasteiger partial charge in [-0.1, -0.05) is 5.92 Å². The van der Waals surface area contributed by atoms with E-state index in [-0.39, 0.29) is 0 Å². The third kappa shape index (κ3) is 2.68. The van der Waals surface area contributed by atoms with Gasteiger partial charge in [-0.2, -0.15) is 5.10 Å². The second-order valence-electron chi connectivity index (χ2n) is 5.07. The summed E-state index contributed by atoms with van der Waals surface area (Å²) in [5.41, 5.74) is 3.49. The summed E-state index contributed by atoms with van der Waals surface area (Å²) in [4.78, 5) is 2.33. The molecule has 2 heterocycles. The summed E-state index contributed by atoms with van der Waals surface area (Å²) >= 11 is 0. The minimum Gasteiger partial charge on any atom is -0.379 e. The molecule has 1 saturated heterocycles.